The molecule has 0 saturated carbocycles. The van der Waals surface area contributed by atoms with Crippen molar-refractivity contribution in [2.24, 2.45) is 0 Å². The molecule has 0 spiro atoms. The Morgan fingerprint density at radius 1 is 1.27 bits per heavy atom. The van der Waals surface area contributed by atoms with Gasteiger partial charge in [0.15, 0.2) is 0 Å². The molecule has 0 unspecified atom stereocenters. The molecule has 0 aliphatic carbocycles. The number of benzene rings is 1. The van der Waals surface area contributed by atoms with Gasteiger partial charge in [0.2, 0.25) is 0 Å². The standard InChI is InChI=1S/C16H15ClN2O2S/c1-2-9-19(11-14-4-3-10-22-14)16(21)15(20)18-13-7-5-12(17)6-8-13/h2-8,10H,1,9,11H2,(H,18,20). The molecule has 2 aromatic rings. The van der Waals surface area contributed by atoms with Gasteiger partial charge in [-0.3, -0.25) is 9.59 Å². The molecular formula is C16H15ClN2O2S. The number of carbonyl (C=O) groups excluding carboxylic acids is 2. The minimum absolute atomic E-state index is 0.310. The molecular weight excluding hydrogens is 320 g/mol. The molecule has 2 amide bonds. The summed E-state index contributed by atoms with van der Waals surface area (Å²) in [5.74, 6) is -1.27. The molecule has 6 heteroatoms. The normalized spacial score (nSPS) is 10.0. The van der Waals surface area contributed by atoms with Gasteiger partial charge >= 0.3 is 11.8 Å². The van der Waals surface area contributed by atoms with Crippen LogP contribution in [0.2, 0.25) is 5.02 Å². The Labute approximate surface area is 138 Å². The maximum atomic E-state index is 12.3. The van der Waals surface area contributed by atoms with E-state index in [0.29, 0.717) is 23.8 Å². The lowest BCUT2D eigenvalue weighted by atomic mass is 10.3. The number of hydrogen-bond acceptors (Lipinski definition) is 3. The number of carbonyl (C=O) groups is 2. The van der Waals surface area contributed by atoms with Crippen molar-refractivity contribution in [3.63, 3.8) is 0 Å². The number of thiophene rings is 1. The molecule has 1 aromatic carbocycles. The van der Waals surface area contributed by atoms with Gasteiger partial charge in [-0.15, -0.1) is 17.9 Å². The van der Waals surface area contributed by atoms with E-state index in [-0.39, 0.29) is 0 Å². The second-order valence-corrected chi connectivity index (χ2v) is 5.98. The maximum Gasteiger partial charge on any atom is 0.313 e. The summed E-state index contributed by atoms with van der Waals surface area (Å²) in [6, 6.07) is 10.4. The minimum Gasteiger partial charge on any atom is -0.326 e. The van der Waals surface area contributed by atoms with Gasteiger partial charge < -0.3 is 10.2 Å². The molecule has 2 rings (SSSR count). The van der Waals surface area contributed by atoms with Crippen LogP contribution in [0.15, 0.2) is 54.4 Å². The lowest BCUT2D eigenvalue weighted by molar-refractivity contribution is -0.143. The molecule has 0 saturated heterocycles. The largest absolute Gasteiger partial charge is 0.326 e. The molecule has 1 aromatic heterocycles. The summed E-state index contributed by atoms with van der Waals surface area (Å²) in [5.41, 5.74) is 0.525. The van der Waals surface area contributed by atoms with Crippen molar-refractivity contribution >= 4 is 40.4 Å². The smallest absolute Gasteiger partial charge is 0.313 e. The fraction of sp³-hybridized carbons (Fsp3) is 0.125. The number of anilines is 1. The number of hydrogen-bond donors (Lipinski definition) is 1. The zero-order valence-corrected chi connectivity index (χ0v) is 13.4. The summed E-state index contributed by atoms with van der Waals surface area (Å²) in [6.45, 7) is 4.32. The molecule has 4 nitrogen and oxygen atoms in total. The van der Waals surface area contributed by atoms with Crippen LogP contribution in [0.3, 0.4) is 0 Å². The first kappa shape index (κ1) is 16.3. The predicted octanol–water partition coefficient (Wildman–Crippen LogP) is 3.55. The third-order valence-corrected chi connectivity index (χ3v) is 3.97. The van der Waals surface area contributed by atoms with Crippen LogP contribution in [-0.4, -0.2) is 23.3 Å². The fourth-order valence-corrected chi connectivity index (χ4v) is 2.67. The van der Waals surface area contributed by atoms with E-state index in [0.717, 1.165) is 4.88 Å². The molecule has 1 heterocycles. The third-order valence-electron chi connectivity index (χ3n) is 2.86. The van der Waals surface area contributed by atoms with Crippen molar-refractivity contribution in [2.75, 3.05) is 11.9 Å². The van der Waals surface area contributed by atoms with E-state index in [9.17, 15) is 9.59 Å². The summed E-state index contributed by atoms with van der Waals surface area (Å²) < 4.78 is 0. The lowest BCUT2D eigenvalue weighted by Crippen LogP contribution is -2.39. The number of amides is 2. The van der Waals surface area contributed by atoms with Crippen molar-refractivity contribution in [3.05, 3.63) is 64.3 Å². The zero-order chi connectivity index (χ0) is 15.9. The highest BCUT2D eigenvalue weighted by atomic mass is 35.5. The summed E-state index contributed by atoms with van der Waals surface area (Å²) in [6.07, 6.45) is 1.60. The van der Waals surface area contributed by atoms with Crippen LogP contribution in [0.25, 0.3) is 0 Å². The van der Waals surface area contributed by atoms with Gasteiger partial charge in [-0.2, -0.15) is 0 Å². The van der Waals surface area contributed by atoms with E-state index in [1.165, 1.54) is 16.2 Å². The van der Waals surface area contributed by atoms with Gasteiger partial charge in [0.05, 0.1) is 6.54 Å². The molecule has 1 N–H and O–H groups in total. The van der Waals surface area contributed by atoms with Crippen LogP contribution in [0.5, 0.6) is 0 Å². The maximum absolute atomic E-state index is 12.3. The molecule has 0 aliphatic rings. The SMILES string of the molecule is C=CCN(Cc1cccs1)C(=O)C(=O)Nc1ccc(Cl)cc1. The number of halogens is 1. The second-order valence-electron chi connectivity index (χ2n) is 4.51. The van der Waals surface area contributed by atoms with E-state index in [1.54, 1.807) is 30.3 Å². The number of rotatable bonds is 5. The Bertz CT molecular complexity index is 653. The molecule has 0 aliphatic heterocycles. The summed E-state index contributed by atoms with van der Waals surface area (Å²) in [7, 11) is 0. The highest BCUT2D eigenvalue weighted by molar-refractivity contribution is 7.09. The molecule has 0 radical (unpaired) electrons. The number of nitrogens with zero attached hydrogens (tertiary/aromatic N) is 1. The number of nitrogens with one attached hydrogen (secondary N) is 1. The second kappa shape index (κ2) is 7.77. The average Bonchev–Trinajstić information content (AvgIpc) is 3.01. The molecule has 0 fully saturated rings. The third kappa shape index (κ3) is 4.44. The Kier molecular flexibility index (Phi) is 5.75. The molecule has 0 atom stereocenters. The van der Waals surface area contributed by atoms with Crippen LogP contribution in [-0.2, 0) is 16.1 Å². The van der Waals surface area contributed by atoms with Crippen molar-refractivity contribution in [3.8, 4) is 0 Å². The van der Waals surface area contributed by atoms with Crippen molar-refractivity contribution in [1.29, 1.82) is 0 Å². The first-order chi connectivity index (χ1) is 10.6. The van der Waals surface area contributed by atoms with Gasteiger partial charge in [-0.05, 0) is 35.7 Å². The van der Waals surface area contributed by atoms with Crippen molar-refractivity contribution in [1.82, 2.24) is 4.90 Å². The van der Waals surface area contributed by atoms with E-state index >= 15 is 0 Å². The first-order valence-corrected chi connectivity index (χ1v) is 7.85. The summed E-state index contributed by atoms with van der Waals surface area (Å²) in [5, 5.41) is 5.06. The fourth-order valence-electron chi connectivity index (χ4n) is 1.83. The van der Waals surface area contributed by atoms with Crippen molar-refractivity contribution in [2.45, 2.75) is 6.54 Å². The van der Waals surface area contributed by atoms with Gasteiger partial charge in [0, 0.05) is 22.1 Å². The Morgan fingerprint density at radius 2 is 2.00 bits per heavy atom. The lowest BCUT2D eigenvalue weighted by Gasteiger charge is -2.19. The Hall–Kier alpha value is -2.11. The minimum atomic E-state index is -0.680. The first-order valence-electron chi connectivity index (χ1n) is 6.59. The molecule has 22 heavy (non-hydrogen) atoms. The summed E-state index contributed by atoms with van der Waals surface area (Å²) >= 11 is 7.32. The van der Waals surface area contributed by atoms with Crippen LogP contribution in [0.4, 0.5) is 5.69 Å². The quantitative estimate of drug-likeness (QED) is 0.671. The Morgan fingerprint density at radius 3 is 2.59 bits per heavy atom. The highest BCUT2D eigenvalue weighted by Gasteiger charge is 2.21. The zero-order valence-electron chi connectivity index (χ0n) is 11.8. The molecule has 0 bridgehead atoms. The van der Waals surface area contributed by atoms with E-state index in [2.05, 4.69) is 11.9 Å². The van der Waals surface area contributed by atoms with E-state index in [1.807, 2.05) is 17.5 Å². The van der Waals surface area contributed by atoms with Crippen molar-refractivity contribution < 1.29 is 9.59 Å². The van der Waals surface area contributed by atoms with Crippen LogP contribution in [0, 0.1) is 0 Å². The predicted molar refractivity (Wildman–Crippen MR) is 90.0 cm³/mol. The topological polar surface area (TPSA) is 49.4 Å². The molecule has 114 valence electrons. The monoisotopic (exact) mass is 334 g/mol. The van der Waals surface area contributed by atoms with Gasteiger partial charge in [-0.25, -0.2) is 0 Å². The van der Waals surface area contributed by atoms with Crippen LogP contribution < -0.4 is 5.32 Å². The van der Waals surface area contributed by atoms with Gasteiger partial charge in [0.25, 0.3) is 0 Å². The average molecular weight is 335 g/mol. The van der Waals surface area contributed by atoms with E-state index in [4.69, 9.17) is 11.6 Å². The Balaban J connectivity index is 2.03. The summed E-state index contributed by atoms with van der Waals surface area (Å²) in [4.78, 5) is 26.8. The van der Waals surface area contributed by atoms with Crippen LogP contribution in [0.1, 0.15) is 4.88 Å². The highest BCUT2D eigenvalue weighted by Crippen LogP contribution is 2.15. The van der Waals surface area contributed by atoms with Gasteiger partial charge in [-0.1, -0.05) is 23.7 Å². The van der Waals surface area contributed by atoms with Crippen LogP contribution >= 0.6 is 22.9 Å². The van der Waals surface area contributed by atoms with E-state index < -0.39 is 11.8 Å². The van der Waals surface area contributed by atoms with Gasteiger partial charge in [0.1, 0.15) is 0 Å².